The lowest BCUT2D eigenvalue weighted by Crippen LogP contribution is -2.48. The zero-order valence-corrected chi connectivity index (χ0v) is 17.9. The molecule has 0 spiro atoms. The molecule has 3 rings (SSSR count). The summed E-state index contributed by atoms with van der Waals surface area (Å²) in [7, 11) is 2.00. The molecule has 0 aromatic heterocycles. The molecule has 7 heteroatoms. The molecular formula is C20H34Cl2N4O. The van der Waals surface area contributed by atoms with Gasteiger partial charge in [0.05, 0.1) is 0 Å². The Morgan fingerprint density at radius 3 is 2.44 bits per heavy atom. The van der Waals surface area contributed by atoms with Crippen LogP contribution in [0.1, 0.15) is 19.3 Å². The third kappa shape index (κ3) is 7.15. The summed E-state index contributed by atoms with van der Waals surface area (Å²) in [5.74, 6) is 0.961. The fraction of sp³-hybridized carbons (Fsp3) is 0.650. The lowest BCUT2D eigenvalue weighted by Gasteiger charge is -2.37. The molecule has 154 valence electrons. The van der Waals surface area contributed by atoms with E-state index in [1.807, 2.05) is 7.05 Å². The van der Waals surface area contributed by atoms with Gasteiger partial charge in [-0.05, 0) is 44.5 Å². The van der Waals surface area contributed by atoms with Gasteiger partial charge in [-0.15, -0.1) is 24.8 Å². The highest BCUT2D eigenvalue weighted by Crippen LogP contribution is 2.18. The summed E-state index contributed by atoms with van der Waals surface area (Å²) in [5.41, 5.74) is 1.31. The molecule has 2 aliphatic heterocycles. The van der Waals surface area contributed by atoms with Crippen molar-refractivity contribution in [3.63, 3.8) is 0 Å². The van der Waals surface area contributed by atoms with E-state index in [0.29, 0.717) is 18.2 Å². The van der Waals surface area contributed by atoms with Gasteiger partial charge >= 0.3 is 0 Å². The number of likely N-dealkylation sites (tertiary alicyclic amines) is 1. The normalized spacial score (nSPS) is 20.6. The number of halogens is 2. The summed E-state index contributed by atoms with van der Waals surface area (Å²) in [6.45, 7) is 7.98. The highest BCUT2D eigenvalue weighted by atomic mass is 35.5. The number of piperidine rings is 1. The van der Waals surface area contributed by atoms with E-state index in [4.69, 9.17) is 0 Å². The van der Waals surface area contributed by atoms with Crippen LogP contribution in [0.2, 0.25) is 0 Å². The van der Waals surface area contributed by atoms with Gasteiger partial charge in [0.1, 0.15) is 0 Å². The number of nitrogens with zero attached hydrogens (tertiary/aromatic N) is 3. The van der Waals surface area contributed by atoms with Crippen molar-refractivity contribution < 1.29 is 4.79 Å². The van der Waals surface area contributed by atoms with Gasteiger partial charge in [-0.1, -0.05) is 18.2 Å². The Labute approximate surface area is 176 Å². The predicted octanol–water partition coefficient (Wildman–Crippen LogP) is 2.50. The fourth-order valence-electron chi connectivity index (χ4n) is 4.03. The summed E-state index contributed by atoms with van der Waals surface area (Å²) >= 11 is 0. The van der Waals surface area contributed by atoms with Gasteiger partial charge in [0, 0.05) is 57.9 Å². The number of anilines is 1. The Balaban J connectivity index is 0.00000182. The van der Waals surface area contributed by atoms with Crippen LogP contribution in [0, 0.1) is 5.92 Å². The van der Waals surface area contributed by atoms with Gasteiger partial charge in [-0.3, -0.25) is 9.69 Å². The molecular weight excluding hydrogens is 383 g/mol. The molecule has 0 aliphatic carbocycles. The lowest BCUT2D eigenvalue weighted by atomic mass is 9.98. The van der Waals surface area contributed by atoms with Crippen molar-refractivity contribution in [3.8, 4) is 0 Å². The van der Waals surface area contributed by atoms with E-state index in [0.717, 1.165) is 58.8 Å². The zero-order chi connectivity index (χ0) is 17.5. The van der Waals surface area contributed by atoms with Crippen LogP contribution < -0.4 is 10.2 Å². The molecule has 2 heterocycles. The molecule has 2 aliphatic rings. The molecule has 0 bridgehead atoms. The van der Waals surface area contributed by atoms with Crippen molar-refractivity contribution in [2.24, 2.45) is 5.92 Å². The summed E-state index contributed by atoms with van der Waals surface area (Å²) in [6.07, 6.45) is 3.05. The summed E-state index contributed by atoms with van der Waals surface area (Å²) in [6, 6.07) is 10.6. The van der Waals surface area contributed by atoms with Crippen molar-refractivity contribution in [2.75, 3.05) is 64.3 Å². The number of hydrogen-bond donors (Lipinski definition) is 1. The van der Waals surface area contributed by atoms with E-state index in [-0.39, 0.29) is 24.8 Å². The monoisotopic (exact) mass is 416 g/mol. The van der Waals surface area contributed by atoms with Crippen LogP contribution in [0.3, 0.4) is 0 Å². The number of benzene rings is 1. The first-order valence-corrected chi connectivity index (χ1v) is 9.71. The topological polar surface area (TPSA) is 38.8 Å². The maximum absolute atomic E-state index is 12.5. The molecule has 1 unspecified atom stereocenters. The second kappa shape index (κ2) is 12.4. The molecule has 1 aromatic rings. The van der Waals surface area contributed by atoms with Crippen LogP contribution in [-0.2, 0) is 4.79 Å². The van der Waals surface area contributed by atoms with Gasteiger partial charge in [0.2, 0.25) is 5.91 Å². The van der Waals surface area contributed by atoms with Crippen LogP contribution in [0.4, 0.5) is 5.69 Å². The molecule has 1 atom stereocenters. The van der Waals surface area contributed by atoms with Crippen LogP contribution >= 0.6 is 24.8 Å². The first-order valence-electron chi connectivity index (χ1n) is 9.71. The number of hydrogen-bond acceptors (Lipinski definition) is 4. The molecule has 2 fully saturated rings. The summed E-state index contributed by atoms with van der Waals surface area (Å²) in [4.78, 5) is 19.5. The van der Waals surface area contributed by atoms with Gasteiger partial charge in [-0.2, -0.15) is 0 Å². The fourth-order valence-corrected chi connectivity index (χ4v) is 4.03. The van der Waals surface area contributed by atoms with E-state index in [9.17, 15) is 4.79 Å². The van der Waals surface area contributed by atoms with Crippen molar-refractivity contribution >= 4 is 36.4 Å². The second-order valence-corrected chi connectivity index (χ2v) is 7.32. The van der Waals surface area contributed by atoms with Crippen LogP contribution in [0.15, 0.2) is 30.3 Å². The quantitative estimate of drug-likeness (QED) is 0.772. The minimum absolute atomic E-state index is 0. The number of nitrogens with one attached hydrogen (secondary N) is 1. The predicted molar refractivity (Wildman–Crippen MR) is 117 cm³/mol. The summed E-state index contributed by atoms with van der Waals surface area (Å²) in [5, 5.41) is 3.25. The second-order valence-electron chi connectivity index (χ2n) is 7.32. The van der Waals surface area contributed by atoms with E-state index in [2.05, 4.69) is 50.3 Å². The van der Waals surface area contributed by atoms with Crippen molar-refractivity contribution in [1.29, 1.82) is 0 Å². The molecule has 1 aromatic carbocycles. The Kier molecular flexibility index (Phi) is 11.1. The minimum atomic E-state index is 0. The van der Waals surface area contributed by atoms with E-state index >= 15 is 0 Å². The van der Waals surface area contributed by atoms with Crippen molar-refractivity contribution in [1.82, 2.24) is 15.1 Å². The molecule has 5 nitrogen and oxygen atoms in total. The third-order valence-corrected chi connectivity index (χ3v) is 5.50. The maximum Gasteiger partial charge on any atom is 0.223 e. The lowest BCUT2D eigenvalue weighted by molar-refractivity contribution is -0.133. The Bertz CT molecular complexity index is 536. The summed E-state index contributed by atoms with van der Waals surface area (Å²) < 4.78 is 0. The number of rotatable bonds is 6. The number of amides is 1. The minimum Gasteiger partial charge on any atom is -0.369 e. The Morgan fingerprint density at radius 2 is 1.78 bits per heavy atom. The molecule has 1 N–H and O–H groups in total. The SMILES string of the molecule is CNCC1CCCN(C(=O)CCN2CCN(c3ccccc3)CC2)C1.Cl.Cl. The van der Waals surface area contributed by atoms with Crippen LogP contribution in [0.25, 0.3) is 0 Å². The van der Waals surface area contributed by atoms with Crippen molar-refractivity contribution in [3.05, 3.63) is 30.3 Å². The molecule has 1 amide bonds. The Morgan fingerprint density at radius 1 is 1.07 bits per heavy atom. The molecule has 2 saturated heterocycles. The largest absolute Gasteiger partial charge is 0.369 e. The first-order chi connectivity index (χ1) is 12.3. The smallest absolute Gasteiger partial charge is 0.223 e. The molecule has 27 heavy (non-hydrogen) atoms. The van der Waals surface area contributed by atoms with Crippen molar-refractivity contribution in [2.45, 2.75) is 19.3 Å². The van der Waals surface area contributed by atoms with E-state index in [1.165, 1.54) is 12.1 Å². The van der Waals surface area contributed by atoms with Gasteiger partial charge in [0.15, 0.2) is 0 Å². The van der Waals surface area contributed by atoms with E-state index in [1.54, 1.807) is 0 Å². The van der Waals surface area contributed by atoms with Gasteiger partial charge in [0.25, 0.3) is 0 Å². The zero-order valence-electron chi connectivity index (χ0n) is 16.3. The van der Waals surface area contributed by atoms with Gasteiger partial charge in [-0.25, -0.2) is 0 Å². The third-order valence-electron chi connectivity index (χ3n) is 5.50. The maximum atomic E-state index is 12.5. The van der Waals surface area contributed by atoms with Crippen LogP contribution in [-0.4, -0.2) is 75.1 Å². The average molecular weight is 417 g/mol. The molecule has 0 saturated carbocycles. The molecule has 0 radical (unpaired) electrons. The van der Waals surface area contributed by atoms with E-state index < -0.39 is 0 Å². The van der Waals surface area contributed by atoms with Gasteiger partial charge < -0.3 is 15.1 Å². The highest BCUT2D eigenvalue weighted by Gasteiger charge is 2.24. The Hall–Kier alpha value is -1.01. The number of para-hydroxylation sites is 1. The average Bonchev–Trinajstić information content (AvgIpc) is 2.68. The number of carbonyl (C=O) groups excluding carboxylic acids is 1. The first kappa shape index (κ1) is 24.0. The number of carbonyl (C=O) groups is 1. The highest BCUT2D eigenvalue weighted by molar-refractivity contribution is 5.85. The number of piperazine rings is 1. The standard InChI is InChI=1S/C20H32N4O.2ClH/c1-21-16-18-6-5-10-24(17-18)20(25)9-11-22-12-14-23(15-13-22)19-7-3-2-4-8-19;;/h2-4,7-8,18,21H,5-6,9-17H2,1H3;2*1H. The van der Waals surface area contributed by atoms with Crippen LogP contribution in [0.5, 0.6) is 0 Å².